The Bertz CT molecular complexity index is 580. The highest BCUT2D eigenvalue weighted by Crippen LogP contribution is 2.30. The first-order valence-corrected chi connectivity index (χ1v) is 7.62. The quantitative estimate of drug-likeness (QED) is 0.917. The van der Waals surface area contributed by atoms with Crippen LogP contribution in [0.1, 0.15) is 36.4 Å². The van der Waals surface area contributed by atoms with Gasteiger partial charge in [0.25, 0.3) is 0 Å². The first-order chi connectivity index (χ1) is 10.3. The van der Waals surface area contributed by atoms with Crippen molar-refractivity contribution in [3.05, 3.63) is 48.0 Å². The smallest absolute Gasteiger partial charge is 0.123 e. The van der Waals surface area contributed by atoms with E-state index in [0.29, 0.717) is 12.1 Å². The molecule has 1 aromatic carbocycles. The summed E-state index contributed by atoms with van der Waals surface area (Å²) in [6.45, 7) is 2.97. The number of hydrogen-bond acceptors (Lipinski definition) is 3. The zero-order chi connectivity index (χ0) is 14.7. The minimum absolute atomic E-state index is 0.504. The Kier molecular flexibility index (Phi) is 4.25. The van der Waals surface area contributed by atoms with Crippen LogP contribution in [0.4, 0.5) is 0 Å². The summed E-state index contributed by atoms with van der Waals surface area (Å²) in [5, 5.41) is 3.71. The number of methoxy groups -OCH3 is 1. The molecule has 1 aliphatic carbocycles. The maximum Gasteiger partial charge on any atom is 0.123 e. The lowest BCUT2D eigenvalue weighted by molar-refractivity contribution is 0.379. The van der Waals surface area contributed by atoms with E-state index in [1.54, 1.807) is 7.11 Å². The molecule has 0 radical (unpaired) electrons. The van der Waals surface area contributed by atoms with Gasteiger partial charge in [-0.05, 0) is 32.3 Å². The second-order valence-electron chi connectivity index (χ2n) is 5.81. The Balaban J connectivity index is 1.68. The molecule has 1 aromatic heterocycles. The number of nitrogens with zero attached hydrogens (tertiary/aromatic N) is 2. The molecule has 4 heteroatoms. The highest BCUT2D eigenvalue weighted by atomic mass is 16.5. The average Bonchev–Trinajstić information content (AvgIpc) is 3.16. The highest BCUT2D eigenvalue weighted by Gasteiger charge is 2.27. The van der Waals surface area contributed by atoms with Crippen LogP contribution in [0, 0.1) is 6.92 Å². The SMILES string of the molecule is COc1ccc(C)cc1CNC1CCCC1n1ccnc1. The van der Waals surface area contributed by atoms with Gasteiger partial charge in [-0.2, -0.15) is 0 Å². The fourth-order valence-electron chi connectivity index (χ4n) is 3.29. The molecule has 0 saturated heterocycles. The molecule has 2 unspecified atom stereocenters. The third-order valence-corrected chi connectivity index (χ3v) is 4.38. The summed E-state index contributed by atoms with van der Waals surface area (Å²) in [5.41, 5.74) is 2.50. The van der Waals surface area contributed by atoms with Crippen LogP contribution in [0.15, 0.2) is 36.9 Å². The molecule has 1 aliphatic rings. The van der Waals surface area contributed by atoms with Crippen molar-refractivity contribution in [1.82, 2.24) is 14.9 Å². The Labute approximate surface area is 126 Å². The number of benzene rings is 1. The summed E-state index contributed by atoms with van der Waals surface area (Å²) >= 11 is 0. The predicted molar refractivity (Wildman–Crippen MR) is 83.5 cm³/mol. The molecular formula is C17H23N3O. The van der Waals surface area contributed by atoms with E-state index < -0.39 is 0 Å². The van der Waals surface area contributed by atoms with Gasteiger partial charge in [0.05, 0.1) is 13.4 Å². The van der Waals surface area contributed by atoms with Crippen LogP contribution in [0.3, 0.4) is 0 Å². The van der Waals surface area contributed by atoms with Crippen LogP contribution >= 0.6 is 0 Å². The van der Waals surface area contributed by atoms with Gasteiger partial charge in [-0.25, -0.2) is 4.98 Å². The van der Waals surface area contributed by atoms with E-state index in [-0.39, 0.29) is 0 Å². The molecule has 0 aliphatic heterocycles. The number of nitrogens with one attached hydrogen (secondary N) is 1. The molecule has 1 heterocycles. The second kappa shape index (κ2) is 6.31. The van der Waals surface area contributed by atoms with Gasteiger partial charge < -0.3 is 14.6 Å². The van der Waals surface area contributed by atoms with Gasteiger partial charge in [0.15, 0.2) is 0 Å². The van der Waals surface area contributed by atoms with Crippen LogP contribution in [-0.4, -0.2) is 22.7 Å². The van der Waals surface area contributed by atoms with Gasteiger partial charge in [0, 0.05) is 36.6 Å². The Morgan fingerprint density at radius 3 is 3.05 bits per heavy atom. The number of rotatable bonds is 5. The van der Waals surface area contributed by atoms with Crippen LogP contribution in [-0.2, 0) is 6.54 Å². The minimum atomic E-state index is 0.504. The van der Waals surface area contributed by atoms with E-state index in [9.17, 15) is 0 Å². The molecule has 0 spiro atoms. The first kappa shape index (κ1) is 14.1. The number of aryl methyl sites for hydroxylation is 1. The van der Waals surface area contributed by atoms with Gasteiger partial charge in [0.2, 0.25) is 0 Å². The van der Waals surface area contributed by atoms with Crippen molar-refractivity contribution in [1.29, 1.82) is 0 Å². The topological polar surface area (TPSA) is 39.1 Å². The first-order valence-electron chi connectivity index (χ1n) is 7.62. The average molecular weight is 285 g/mol. The standard InChI is InChI=1S/C17H23N3O/c1-13-6-7-17(21-2)14(10-13)11-19-15-4-3-5-16(15)20-9-8-18-12-20/h6-10,12,15-16,19H,3-5,11H2,1-2H3. The summed E-state index contributed by atoms with van der Waals surface area (Å²) in [5.74, 6) is 0.963. The number of hydrogen-bond donors (Lipinski definition) is 1. The van der Waals surface area contributed by atoms with Crippen molar-refractivity contribution in [3.63, 3.8) is 0 Å². The van der Waals surface area contributed by atoms with Crippen molar-refractivity contribution in [2.24, 2.45) is 0 Å². The van der Waals surface area contributed by atoms with Crippen LogP contribution in [0.2, 0.25) is 0 Å². The summed E-state index contributed by atoms with van der Waals surface area (Å²) in [7, 11) is 1.73. The molecule has 2 atom stereocenters. The molecule has 4 nitrogen and oxygen atoms in total. The highest BCUT2D eigenvalue weighted by molar-refractivity contribution is 5.36. The number of aromatic nitrogens is 2. The molecular weight excluding hydrogens is 262 g/mol. The molecule has 0 amide bonds. The zero-order valence-electron chi connectivity index (χ0n) is 12.7. The normalized spacial score (nSPS) is 21.6. The van der Waals surface area contributed by atoms with E-state index in [1.807, 2.05) is 18.6 Å². The van der Waals surface area contributed by atoms with E-state index in [2.05, 4.69) is 40.1 Å². The van der Waals surface area contributed by atoms with Crippen LogP contribution in [0.5, 0.6) is 5.75 Å². The molecule has 112 valence electrons. The lowest BCUT2D eigenvalue weighted by Gasteiger charge is -2.23. The lowest BCUT2D eigenvalue weighted by atomic mass is 10.1. The van der Waals surface area contributed by atoms with Gasteiger partial charge in [0.1, 0.15) is 5.75 Å². The molecule has 0 bridgehead atoms. The monoisotopic (exact) mass is 285 g/mol. The van der Waals surface area contributed by atoms with Crippen molar-refractivity contribution in [2.45, 2.75) is 44.8 Å². The van der Waals surface area contributed by atoms with E-state index >= 15 is 0 Å². The molecule has 2 aromatic rings. The Morgan fingerprint density at radius 1 is 1.38 bits per heavy atom. The van der Waals surface area contributed by atoms with Crippen LogP contribution in [0.25, 0.3) is 0 Å². The number of imidazole rings is 1. The summed E-state index contributed by atoms with van der Waals surface area (Å²) in [6, 6.07) is 7.36. The Morgan fingerprint density at radius 2 is 2.29 bits per heavy atom. The fourth-order valence-corrected chi connectivity index (χ4v) is 3.29. The summed E-state index contributed by atoms with van der Waals surface area (Å²) < 4.78 is 7.69. The van der Waals surface area contributed by atoms with Gasteiger partial charge >= 0.3 is 0 Å². The van der Waals surface area contributed by atoms with Crippen molar-refractivity contribution >= 4 is 0 Å². The van der Waals surface area contributed by atoms with Gasteiger partial charge in [-0.3, -0.25) is 0 Å². The minimum Gasteiger partial charge on any atom is -0.496 e. The second-order valence-corrected chi connectivity index (χ2v) is 5.81. The zero-order valence-corrected chi connectivity index (χ0v) is 12.7. The summed E-state index contributed by atoms with van der Waals surface area (Å²) in [4.78, 5) is 4.17. The van der Waals surface area contributed by atoms with E-state index in [1.165, 1.54) is 30.4 Å². The van der Waals surface area contributed by atoms with E-state index in [0.717, 1.165) is 12.3 Å². The van der Waals surface area contributed by atoms with Gasteiger partial charge in [-0.1, -0.05) is 17.7 Å². The molecule has 21 heavy (non-hydrogen) atoms. The van der Waals surface area contributed by atoms with Crippen molar-refractivity contribution < 1.29 is 4.74 Å². The fraction of sp³-hybridized carbons (Fsp3) is 0.471. The molecule has 3 rings (SSSR count). The van der Waals surface area contributed by atoms with E-state index in [4.69, 9.17) is 4.74 Å². The maximum atomic E-state index is 5.46. The largest absolute Gasteiger partial charge is 0.496 e. The maximum absolute atomic E-state index is 5.46. The molecule has 1 N–H and O–H groups in total. The third-order valence-electron chi connectivity index (χ3n) is 4.38. The lowest BCUT2D eigenvalue weighted by Crippen LogP contribution is -2.33. The van der Waals surface area contributed by atoms with Crippen molar-refractivity contribution in [3.8, 4) is 5.75 Å². The van der Waals surface area contributed by atoms with Crippen LogP contribution < -0.4 is 10.1 Å². The third kappa shape index (κ3) is 3.10. The number of ether oxygens (including phenoxy) is 1. The summed E-state index contributed by atoms with van der Waals surface area (Å²) in [6.07, 6.45) is 9.57. The molecule has 1 saturated carbocycles. The van der Waals surface area contributed by atoms with Gasteiger partial charge in [-0.15, -0.1) is 0 Å². The Hall–Kier alpha value is -1.81. The predicted octanol–water partition coefficient (Wildman–Crippen LogP) is 3.08. The molecule has 1 fully saturated rings. The van der Waals surface area contributed by atoms with Crippen molar-refractivity contribution in [2.75, 3.05) is 7.11 Å².